The van der Waals surface area contributed by atoms with Crippen molar-refractivity contribution in [2.24, 2.45) is 5.92 Å². The molecule has 0 bridgehead atoms. The lowest BCUT2D eigenvalue weighted by molar-refractivity contribution is -0.124. The highest BCUT2D eigenvalue weighted by molar-refractivity contribution is 5.78. The molecule has 0 unspecified atom stereocenters. The Kier molecular flexibility index (Phi) is 4.39. The number of hydrogen-bond acceptors (Lipinski definition) is 2. The first-order chi connectivity index (χ1) is 8.70. The predicted molar refractivity (Wildman–Crippen MR) is 71.3 cm³/mol. The van der Waals surface area contributed by atoms with E-state index in [4.69, 9.17) is 0 Å². The van der Waals surface area contributed by atoms with E-state index in [0.29, 0.717) is 6.54 Å². The maximum absolute atomic E-state index is 11.6. The van der Waals surface area contributed by atoms with Crippen LogP contribution in [0.15, 0.2) is 6.20 Å². The molecule has 1 N–H and O–H groups in total. The van der Waals surface area contributed by atoms with Crippen LogP contribution in [0.3, 0.4) is 0 Å². The van der Waals surface area contributed by atoms with Crippen molar-refractivity contribution >= 4 is 5.91 Å². The van der Waals surface area contributed by atoms with E-state index >= 15 is 0 Å². The number of amides is 1. The molecule has 100 valence electrons. The maximum atomic E-state index is 11.6. The highest BCUT2D eigenvalue weighted by atomic mass is 16.1. The van der Waals surface area contributed by atoms with E-state index in [1.165, 1.54) is 18.7 Å². The van der Waals surface area contributed by atoms with Crippen molar-refractivity contribution in [3.05, 3.63) is 17.7 Å². The minimum absolute atomic E-state index is 0.111. The predicted octanol–water partition coefficient (Wildman–Crippen LogP) is 1.92. The molecule has 2 heterocycles. The van der Waals surface area contributed by atoms with Crippen LogP contribution in [0.4, 0.5) is 0 Å². The first-order valence-corrected chi connectivity index (χ1v) is 7.03. The number of fused-ring (bicyclic) bond motifs is 1. The average Bonchev–Trinajstić information content (AvgIpc) is 2.80. The Morgan fingerprint density at radius 2 is 2.39 bits per heavy atom. The second-order valence-corrected chi connectivity index (χ2v) is 5.15. The second-order valence-electron chi connectivity index (χ2n) is 5.15. The van der Waals surface area contributed by atoms with Gasteiger partial charge in [-0.05, 0) is 19.3 Å². The molecular weight excluding hydrogens is 226 g/mol. The first kappa shape index (κ1) is 13.1. The van der Waals surface area contributed by atoms with Gasteiger partial charge in [0.15, 0.2) is 0 Å². The third-order valence-corrected chi connectivity index (χ3v) is 3.70. The fourth-order valence-corrected chi connectivity index (χ4v) is 2.27. The molecule has 0 saturated carbocycles. The lowest BCUT2D eigenvalue weighted by Crippen LogP contribution is -2.30. The van der Waals surface area contributed by atoms with Gasteiger partial charge in [-0.2, -0.15) is 0 Å². The fourth-order valence-electron chi connectivity index (χ4n) is 2.27. The molecule has 18 heavy (non-hydrogen) atoms. The van der Waals surface area contributed by atoms with Crippen molar-refractivity contribution in [2.75, 3.05) is 6.54 Å². The van der Waals surface area contributed by atoms with Gasteiger partial charge < -0.3 is 9.88 Å². The Bertz CT molecular complexity index is 388. The molecule has 0 fully saturated rings. The molecule has 1 aromatic heterocycles. The summed E-state index contributed by atoms with van der Waals surface area (Å²) in [4.78, 5) is 16.2. The van der Waals surface area contributed by atoms with E-state index in [9.17, 15) is 4.79 Å². The average molecular weight is 249 g/mol. The van der Waals surface area contributed by atoms with Crippen molar-refractivity contribution < 1.29 is 4.79 Å². The van der Waals surface area contributed by atoms with Crippen LogP contribution in [0.2, 0.25) is 0 Å². The Morgan fingerprint density at radius 3 is 3.11 bits per heavy atom. The minimum atomic E-state index is 0.111. The highest BCUT2D eigenvalue weighted by Gasteiger charge is 2.13. The molecule has 4 nitrogen and oxygen atoms in total. The van der Waals surface area contributed by atoms with E-state index < -0.39 is 0 Å². The molecule has 0 aromatic carbocycles. The van der Waals surface area contributed by atoms with Crippen LogP contribution in [-0.2, 0) is 24.2 Å². The van der Waals surface area contributed by atoms with E-state index in [1.807, 2.05) is 13.8 Å². The molecule has 0 saturated heterocycles. The molecule has 1 atom stereocenters. The monoisotopic (exact) mass is 249 g/mol. The molecule has 1 aliphatic heterocycles. The van der Waals surface area contributed by atoms with Gasteiger partial charge in [-0.25, -0.2) is 4.98 Å². The summed E-state index contributed by atoms with van der Waals surface area (Å²) < 4.78 is 2.26. The normalized spacial score (nSPS) is 16.1. The largest absolute Gasteiger partial charge is 0.355 e. The fraction of sp³-hybridized carbons (Fsp3) is 0.714. The summed E-state index contributed by atoms with van der Waals surface area (Å²) >= 11 is 0. The summed E-state index contributed by atoms with van der Waals surface area (Å²) in [5.74, 6) is 1.48. The third kappa shape index (κ3) is 3.12. The highest BCUT2D eigenvalue weighted by Crippen LogP contribution is 2.14. The van der Waals surface area contributed by atoms with Gasteiger partial charge in [0.1, 0.15) is 5.82 Å². The molecule has 1 aliphatic rings. The summed E-state index contributed by atoms with van der Waals surface area (Å²) in [6, 6.07) is 0. The summed E-state index contributed by atoms with van der Waals surface area (Å²) in [6.07, 6.45) is 7.48. The molecule has 2 rings (SSSR count). The van der Waals surface area contributed by atoms with Crippen LogP contribution < -0.4 is 5.32 Å². The van der Waals surface area contributed by atoms with Crippen molar-refractivity contribution in [2.45, 2.75) is 52.5 Å². The number of nitrogens with zero attached hydrogens (tertiary/aromatic N) is 2. The Morgan fingerprint density at radius 1 is 1.56 bits per heavy atom. The van der Waals surface area contributed by atoms with Gasteiger partial charge in [-0.3, -0.25) is 4.79 Å². The zero-order chi connectivity index (χ0) is 13.0. The minimum Gasteiger partial charge on any atom is -0.355 e. The van der Waals surface area contributed by atoms with Gasteiger partial charge in [-0.15, -0.1) is 0 Å². The quantitative estimate of drug-likeness (QED) is 0.866. The molecule has 1 aromatic rings. The van der Waals surface area contributed by atoms with Crippen LogP contribution in [0.1, 0.15) is 44.6 Å². The lowest BCUT2D eigenvalue weighted by Gasteiger charge is -2.11. The van der Waals surface area contributed by atoms with Crippen LogP contribution >= 0.6 is 0 Å². The van der Waals surface area contributed by atoms with Crippen molar-refractivity contribution in [1.29, 1.82) is 0 Å². The van der Waals surface area contributed by atoms with Crippen LogP contribution in [-0.4, -0.2) is 22.0 Å². The van der Waals surface area contributed by atoms with Gasteiger partial charge in [-0.1, -0.05) is 13.8 Å². The van der Waals surface area contributed by atoms with Crippen LogP contribution in [0.5, 0.6) is 0 Å². The van der Waals surface area contributed by atoms with Gasteiger partial charge in [0.25, 0.3) is 0 Å². The number of carbonyl (C=O) groups is 1. The van der Waals surface area contributed by atoms with Crippen molar-refractivity contribution in [1.82, 2.24) is 14.9 Å². The summed E-state index contributed by atoms with van der Waals surface area (Å²) in [5.41, 5.74) is 1.11. The molecule has 0 aliphatic carbocycles. The number of hydrogen-bond donors (Lipinski definition) is 1. The zero-order valence-electron chi connectivity index (χ0n) is 11.4. The standard InChI is InChI=1S/C14H23N3O/c1-3-11(2)14(18)15-8-7-12-10-17-9-5-4-6-13(17)16-12/h10-11H,3-9H2,1-2H3,(H,15,18)/t11-/m0/s1. The molecule has 0 radical (unpaired) electrons. The van der Waals surface area contributed by atoms with Gasteiger partial charge >= 0.3 is 0 Å². The van der Waals surface area contributed by atoms with E-state index in [-0.39, 0.29) is 11.8 Å². The SMILES string of the molecule is CC[C@H](C)C(=O)NCCc1cn2c(n1)CCCC2. The van der Waals surface area contributed by atoms with E-state index in [2.05, 4.69) is 21.1 Å². The van der Waals surface area contributed by atoms with E-state index in [1.54, 1.807) is 0 Å². The van der Waals surface area contributed by atoms with Crippen molar-refractivity contribution in [3.8, 4) is 0 Å². The molecule has 4 heteroatoms. The Balaban J connectivity index is 1.80. The second kappa shape index (κ2) is 6.03. The van der Waals surface area contributed by atoms with Gasteiger partial charge in [0.2, 0.25) is 5.91 Å². The first-order valence-electron chi connectivity index (χ1n) is 7.03. The van der Waals surface area contributed by atoms with Gasteiger partial charge in [0.05, 0.1) is 5.69 Å². The summed E-state index contributed by atoms with van der Waals surface area (Å²) in [5, 5.41) is 2.97. The lowest BCUT2D eigenvalue weighted by atomic mass is 10.1. The number of imidazole rings is 1. The molecular formula is C14H23N3O. The maximum Gasteiger partial charge on any atom is 0.222 e. The number of aryl methyl sites for hydroxylation is 2. The Labute approximate surface area is 109 Å². The molecule has 1 amide bonds. The zero-order valence-corrected chi connectivity index (χ0v) is 11.4. The van der Waals surface area contributed by atoms with Gasteiger partial charge in [0, 0.05) is 38.0 Å². The topological polar surface area (TPSA) is 46.9 Å². The molecule has 0 spiro atoms. The third-order valence-electron chi connectivity index (χ3n) is 3.70. The van der Waals surface area contributed by atoms with Crippen LogP contribution in [0, 0.1) is 5.92 Å². The van der Waals surface area contributed by atoms with Crippen LogP contribution in [0.25, 0.3) is 0 Å². The number of rotatable bonds is 5. The number of aromatic nitrogens is 2. The van der Waals surface area contributed by atoms with Crippen molar-refractivity contribution in [3.63, 3.8) is 0 Å². The Hall–Kier alpha value is -1.32. The number of carbonyl (C=O) groups excluding carboxylic acids is 1. The number of nitrogens with one attached hydrogen (secondary N) is 1. The summed E-state index contributed by atoms with van der Waals surface area (Å²) in [6.45, 7) is 5.79. The summed E-state index contributed by atoms with van der Waals surface area (Å²) in [7, 11) is 0. The smallest absolute Gasteiger partial charge is 0.222 e. The van der Waals surface area contributed by atoms with E-state index in [0.717, 1.165) is 31.5 Å².